The molecule has 2 amide bonds. The molecule has 7 nitrogen and oxygen atoms in total. The molecule has 0 fully saturated rings. The van der Waals surface area contributed by atoms with E-state index < -0.39 is 12.0 Å². The number of hydrogen-bond donors (Lipinski definition) is 2. The van der Waals surface area contributed by atoms with E-state index in [1.807, 2.05) is 6.26 Å². The lowest BCUT2D eigenvalue weighted by Gasteiger charge is -2.18. The highest BCUT2D eigenvalue weighted by Crippen LogP contribution is 2.14. The Morgan fingerprint density at radius 2 is 1.59 bits per heavy atom. The van der Waals surface area contributed by atoms with Crippen LogP contribution in [0.5, 0.6) is 5.75 Å². The van der Waals surface area contributed by atoms with Gasteiger partial charge in [-0.05, 0) is 67.0 Å². The van der Waals surface area contributed by atoms with Crippen LogP contribution in [0.25, 0.3) is 0 Å². The summed E-state index contributed by atoms with van der Waals surface area (Å²) in [5.74, 6) is 0.241. The zero-order valence-corrected chi connectivity index (χ0v) is 17.4. The van der Waals surface area contributed by atoms with Crippen molar-refractivity contribution < 1.29 is 23.9 Å². The average Bonchev–Trinajstić information content (AvgIpc) is 2.76. The number of benzene rings is 2. The monoisotopic (exact) mass is 416 g/mol. The lowest BCUT2D eigenvalue weighted by Crippen LogP contribution is -2.44. The van der Waals surface area contributed by atoms with Gasteiger partial charge in [0.25, 0.3) is 5.91 Å². The maximum Gasteiger partial charge on any atom is 0.337 e. The summed E-state index contributed by atoms with van der Waals surface area (Å²) in [5, 5.41) is 5.56. The van der Waals surface area contributed by atoms with E-state index in [9.17, 15) is 14.4 Å². The summed E-state index contributed by atoms with van der Waals surface area (Å²) in [4.78, 5) is 36.8. The van der Waals surface area contributed by atoms with Crippen LogP contribution in [0.1, 0.15) is 27.1 Å². The van der Waals surface area contributed by atoms with Crippen LogP contribution in [0.3, 0.4) is 0 Å². The maximum absolute atomic E-state index is 12.7. The molecule has 0 heterocycles. The van der Waals surface area contributed by atoms with E-state index in [1.54, 1.807) is 67.4 Å². The maximum atomic E-state index is 12.7. The highest BCUT2D eigenvalue weighted by Gasteiger charge is 2.21. The van der Waals surface area contributed by atoms with Crippen molar-refractivity contribution in [1.29, 1.82) is 0 Å². The van der Waals surface area contributed by atoms with Crippen molar-refractivity contribution in [2.45, 2.75) is 12.5 Å². The summed E-state index contributed by atoms with van der Waals surface area (Å²) < 4.78 is 9.75. The molecule has 0 saturated carbocycles. The fourth-order valence-electron chi connectivity index (χ4n) is 2.53. The van der Waals surface area contributed by atoms with Crippen molar-refractivity contribution in [3.05, 3.63) is 59.7 Å². The van der Waals surface area contributed by atoms with E-state index in [2.05, 4.69) is 15.4 Å². The number of thioether (sulfide) groups is 1. The van der Waals surface area contributed by atoms with Crippen LogP contribution in [-0.4, -0.2) is 50.1 Å². The Morgan fingerprint density at radius 3 is 2.14 bits per heavy atom. The molecule has 0 aliphatic heterocycles. The topological polar surface area (TPSA) is 93.7 Å². The third-order valence-corrected chi connectivity index (χ3v) is 4.80. The molecule has 2 aromatic carbocycles. The lowest BCUT2D eigenvalue weighted by molar-refractivity contribution is -0.118. The zero-order valence-electron chi connectivity index (χ0n) is 16.6. The summed E-state index contributed by atoms with van der Waals surface area (Å²) in [6, 6.07) is 12.3. The molecule has 0 unspecified atom stereocenters. The Balaban J connectivity index is 2.06. The predicted molar refractivity (Wildman–Crippen MR) is 114 cm³/mol. The molecule has 2 N–H and O–H groups in total. The third-order valence-electron chi connectivity index (χ3n) is 4.16. The summed E-state index contributed by atoms with van der Waals surface area (Å²) in [5.41, 5.74) is 1.35. The first-order chi connectivity index (χ1) is 14.0. The molecule has 0 radical (unpaired) electrons. The largest absolute Gasteiger partial charge is 0.497 e. The molecule has 0 aliphatic rings. The van der Waals surface area contributed by atoms with Crippen LogP contribution in [0.2, 0.25) is 0 Å². The Kier molecular flexibility index (Phi) is 8.54. The van der Waals surface area contributed by atoms with E-state index in [4.69, 9.17) is 4.74 Å². The summed E-state index contributed by atoms with van der Waals surface area (Å²) in [6.07, 6.45) is 2.42. The van der Waals surface area contributed by atoms with Gasteiger partial charge in [0.05, 0.1) is 19.8 Å². The van der Waals surface area contributed by atoms with Gasteiger partial charge in [-0.3, -0.25) is 9.59 Å². The van der Waals surface area contributed by atoms with Crippen LogP contribution in [-0.2, 0) is 9.53 Å². The molecule has 29 heavy (non-hydrogen) atoms. The molecule has 0 spiro atoms. The third kappa shape index (κ3) is 6.53. The fourth-order valence-corrected chi connectivity index (χ4v) is 3.00. The van der Waals surface area contributed by atoms with E-state index >= 15 is 0 Å². The molecular formula is C21H24N2O5S. The number of anilines is 1. The fraction of sp³-hybridized carbons (Fsp3) is 0.286. The van der Waals surface area contributed by atoms with Crippen LogP contribution >= 0.6 is 11.8 Å². The molecule has 0 aromatic heterocycles. The molecule has 0 saturated heterocycles. The predicted octanol–water partition coefficient (Wildman–Crippen LogP) is 2.97. The molecule has 0 bridgehead atoms. The van der Waals surface area contributed by atoms with Gasteiger partial charge in [-0.15, -0.1) is 0 Å². The number of carbonyl (C=O) groups excluding carboxylic acids is 3. The van der Waals surface area contributed by atoms with Crippen molar-refractivity contribution in [2.75, 3.05) is 31.5 Å². The Bertz CT molecular complexity index is 837. The minimum absolute atomic E-state index is 0.327. The number of ether oxygens (including phenoxy) is 2. The van der Waals surface area contributed by atoms with E-state index in [1.165, 1.54) is 7.11 Å². The van der Waals surface area contributed by atoms with Crippen LogP contribution in [0.4, 0.5) is 5.69 Å². The molecule has 1 atom stereocenters. The molecule has 154 valence electrons. The van der Waals surface area contributed by atoms with Gasteiger partial charge in [-0.25, -0.2) is 4.79 Å². The second-order valence-corrected chi connectivity index (χ2v) is 7.08. The van der Waals surface area contributed by atoms with Crippen molar-refractivity contribution in [1.82, 2.24) is 5.32 Å². The lowest BCUT2D eigenvalue weighted by atomic mass is 10.1. The summed E-state index contributed by atoms with van der Waals surface area (Å²) in [7, 11) is 2.86. The van der Waals surface area contributed by atoms with Gasteiger partial charge in [0.2, 0.25) is 5.91 Å². The van der Waals surface area contributed by atoms with Gasteiger partial charge in [0.15, 0.2) is 0 Å². The smallest absolute Gasteiger partial charge is 0.337 e. The molecule has 2 aromatic rings. The second kappa shape index (κ2) is 11.1. The van der Waals surface area contributed by atoms with Gasteiger partial charge in [0.1, 0.15) is 11.8 Å². The number of amides is 2. The first kappa shape index (κ1) is 22.3. The molecule has 2 rings (SSSR count). The van der Waals surface area contributed by atoms with Gasteiger partial charge in [0, 0.05) is 11.3 Å². The molecular weight excluding hydrogens is 392 g/mol. The standard InChI is InChI=1S/C21H24N2O5S/c1-27-17-10-6-14(7-11-17)19(24)23-18(12-13-29-3)20(25)22-16-8-4-15(5-9-16)21(26)28-2/h4-11,18H,12-13H2,1-3H3,(H,22,25)(H,23,24)/t18-/m0/s1. The average molecular weight is 416 g/mol. The number of hydrogen-bond acceptors (Lipinski definition) is 6. The number of methoxy groups -OCH3 is 2. The van der Waals surface area contributed by atoms with Crippen LogP contribution < -0.4 is 15.4 Å². The number of nitrogens with one attached hydrogen (secondary N) is 2. The van der Waals surface area contributed by atoms with Gasteiger partial charge >= 0.3 is 5.97 Å². The number of rotatable bonds is 9. The SMILES string of the molecule is COC(=O)c1ccc(NC(=O)[C@H](CCSC)NC(=O)c2ccc(OC)cc2)cc1. The van der Waals surface area contributed by atoms with Crippen molar-refractivity contribution in [3.63, 3.8) is 0 Å². The number of esters is 1. The van der Waals surface area contributed by atoms with Crippen LogP contribution in [0, 0.1) is 0 Å². The minimum Gasteiger partial charge on any atom is -0.497 e. The van der Waals surface area contributed by atoms with Gasteiger partial charge < -0.3 is 20.1 Å². The van der Waals surface area contributed by atoms with Crippen molar-refractivity contribution in [2.24, 2.45) is 0 Å². The summed E-state index contributed by atoms with van der Waals surface area (Å²) in [6.45, 7) is 0. The van der Waals surface area contributed by atoms with Crippen LogP contribution in [0.15, 0.2) is 48.5 Å². The van der Waals surface area contributed by atoms with Gasteiger partial charge in [-0.2, -0.15) is 11.8 Å². The highest BCUT2D eigenvalue weighted by atomic mass is 32.2. The second-order valence-electron chi connectivity index (χ2n) is 6.09. The van der Waals surface area contributed by atoms with E-state index in [0.717, 1.165) is 0 Å². The zero-order chi connectivity index (χ0) is 21.2. The Hall–Kier alpha value is -3.00. The first-order valence-corrected chi connectivity index (χ1v) is 10.3. The van der Waals surface area contributed by atoms with Gasteiger partial charge in [-0.1, -0.05) is 0 Å². The van der Waals surface area contributed by atoms with E-state index in [-0.39, 0.29) is 11.8 Å². The molecule has 0 aliphatic carbocycles. The van der Waals surface area contributed by atoms with Crippen molar-refractivity contribution >= 4 is 35.2 Å². The summed E-state index contributed by atoms with van der Waals surface area (Å²) >= 11 is 1.59. The molecule has 8 heteroatoms. The minimum atomic E-state index is -0.697. The Labute approximate surface area is 174 Å². The Morgan fingerprint density at radius 1 is 0.966 bits per heavy atom. The number of carbonyl (C=O) groups is 3. The quantitative estimate of drug-likeness (QED) is 0.611. The van der Waals surface area contributed by atoms with Crippen molar-refractivity contribution in [3.8, 4) is 5.75 Å². The highest BCUT2D eigenvalue weighted by molar-refractivity contribution is 7.98. The normalized spacial score (nSPS) is 11.3. The first-order valence-electron chi connectivity index (χ1n) is 8.91. The van der Waals surface area contributed by atoms with E-state index in [0.29, 0.717) is 34.7 Å².